The van der Waals surface area contributed by atoms with Gasteiger partial charge >= 0.3 is 0 Å². The van der Waals surface area contributed by atoms with E-state index in [9.17, 15) is 0 Å². The Kier molecular flexibility index (Phi) is 13.5. The van der Waals surface area contributed by atoms with Crippen molar-refractivity contribution in [1.82, 2.24) is 20.4 Å². The van der Waals surface area contributed by atoms with Crippen LogP contribution in [0.5, 0.6) is 0 Å². The van der Waals surface area contributed by atoms with Crippen LogP contribution in [-0.2, 0) is 0 Å². The van der Waals surface area contributed by atoms with Gasteiger partial charge in [-0.25, -0.2) is 0 Å². The maximum Gasteiger partial charge on any atom is 0.191 e. The fraction of sp³-hybridized carbons (Fsp3) is 0.933. The van der Waals surface area contributed by atoms with Crippen molar-refractivity contribution in [3.8, 4) is 0 Å². The van der Waals surface area contributed by atoms with Crippen LogP contribution in [0.3, 0.4) is 0 Å². The van der Waals surface area contributed by atoms with Crippen molar-refractivity contribution in [2.75, 3.05) is 59.9 Å². The second kappa shape index (κ2) is 13.6. The number of likely N-dealkylation sites (N-methyl/N-ethyl adjacent to an activating group) is 1. The van der Waals surface area contributed by atoms with E-state index in [0.29, 0.717) is 0 Å². The summed E-state index contributed by atoms with van der Waals surface area (Å²) < 4.78 is 0. The van der Waals surface area contributed by atoms with E-state index in [1.54, 1.807) is 0 Å². The largest absolute Gasteiger partial charge is 0.356 e. The fourth-order valence-electron chi connectivity index (χ4n) is 2.46. The molecule has 0 aliphatic carbocycles. The van der Waals surface area contributed by atoms with E-state index in [1.165, 1.54) is 51.9 Å². The molecule has 0 radical (unpaired) electrons. The number of unbranched alkanes of at least 4 members (excludes halogenated alkanes) is 2. The van der Waals surface area contributed by atoms with Crippen LogP contribution >= 0.6 is 24.0 Å². The Morgan fingerprint density at radius 3 is 2.52 bits per heavy atom. The molecule has 1 saturated heterocycles. The van der Waals surface area contributed by atoms with E-state index in [4.69, 9.17) is 0 Å². The SMILES string of the molecule is CCCCCNC(=NC)NCCN1CCCN(C)CC1.I. The molecule has 5 nitrogen and oxygen atoms in total. The van der Waals surface area contributed by atoms with Gasteiger partial charge < -0.3 is 20.4 Å². The van der Waals surface area contributed by atoms with E-state index in [2.05, 4.69) is 39.4 Å². The minimum Gasteiger partial charge on any atom is -0.356 e. The van der Waals surface area contributed by atoms with E-state index in [1.807, 2.05) is 7.05 Å². The van der Waals surface area contributed by atoms with Crippen LogP contribution in [0.1, 0.15) is 32.6 Å². The lowest BCUT2D eigenvalue weighted by Gasteiger charge is -2.21. The van der Waals surface area contributed by atoms with Crippen molar-refractivity contribution in [2.24, 2.45) is 4.99 Å². The highest BCUT2D eigenvalue weighted by molar-refractivity contribution is 14.0. The first-order valence-corrected chi connectivity index (χ1v) is 8.11. The van der Waals surface area contributed by atoms with Crippen molar-refractivity contribution < 1.29 is 0 Å². The molecule has 0 atom stereocenters. The van der Waals surface area contributed by atoms with Gasteiger partial charge in [-0.1, -0.05) is 19.8 Å². The smallest absolute Gasteiger partial charge is 0.191 e. The summed E-state index contributed by atoms with van der Waals surface area (Å²) in [5, 5.41) is 6.78. The molecular weight excluding hydrogens is 377 g/mol. The third-order valence-electron chi connectivity index (χ3n) is 3.83. The van der Waals surface area contributed by atoms with Crippen molar-refractivity contribution in [3.63, 3.8) is 0 Å². The van der Waals surface area contributed by atoms with Crippen molar-refractivity contribution in [2.45, 2.75) is 32.6 Å². The highest BCUT2D eigenvalue weighted by Crippen LogP contribution is 1.99. The maximum atomic E-state index is 4.27. The normalized spacial score (nSPS) is 18.0. The Labute approximate surface area is 148 Å². The molecule has 1 aliphatic rings. The predicted octanol–water partition coefficient (Wildman–Crippen LogP) is 1.60. The van der Waals surface area contributed by atoms with Gasteiger partial charge in [0.25, 0.3) is 0 Å². The zero-order valence-electron chi connectivity index (χ0n) is 14.0. The van der Waals surface area contributed by atoms with Crippen molar-refractivity contribution in [1.29, 1.82) is 0 Å². The Morgan fingerprint density at radius 2 is 1.81 bits per heavy atom. The minimum atomic E-state index is 0. The van der Waals surface area contributed by atoms with Crippen LogP contribution in [0.25, 0.3) is 0 Å². The summed E-state index contributed by atoms with van der Waals surface area (Å²) in [6, 6.07) is 0. The average Bonchev–Trinajstić information content (AvgIpc) is 2.66. The lowest BCUT2D eigenvalue weighted by Crippen LogP contribution is -2.42. The molecule has 0 saturated carbocycles. The van der Waals surface area contributed by atoms with Crippen molar-refractivity contribution >= 4 is 29.9 Å². The highest BCUT2D eigenvalue weighted by atomic mass is 127. The molecule has 1 fully saturated rings. The number of hydrogen-bond acceptors (Lipinski definition) is 3. The Balaban J connectivity index is 0.00000400. The highest BCUT2D eigenvalue weighted by Gasteiger charge is 2.11. The Hall–Kier alpha value is -0.0800. The standard InChI is InChI=1S/C15H33N5.HI/c1-4-5-6-8-17-15(16-2)18-9-12-20-11-7-10-19(3)13-14-20;/h4-14H2,1-3H3,(H2,16,17,18);1H. The molecule has 0 spiro atoms. The summed E-state index contributed by atoms with van der Waals surface area (Å²) in [7, 11) is 4.06. The zero-order chi connectivity index (χ0) is 14.6. The molecule has 1 heterocycles. The van der Waals surface area contributed by atoms with Gasteiger partial charge in [-0.15, -0.1) is 24.0 Å². The molecule has 0 aromatic carbocycles. The van der Waals surface area contributed by atoms with Gasteiger partial charge in [-0.3, -0.25) is 4.99 Å². The topological polar surface area (TPSA) is 42.9 Å². The molecular formula is C15H34IN5. The number of nitrogens with zero attached hydrogens (tertiary/aromatic N) is 3. The number of rotatable bonds is 7. The van der Waals surface area contributed by atoms with Gasteiger partial charge in [-0.05, 0) is 33.0 Å². The molecule has 0 amide bonds. The van der Waals surface area contributed by atoms with E-state index < -0.39 is 0 Å². The first kappa shape index (κ1) is 20.9. The number of nitrogens with one attached hydrogen (secondary N) is 2. The van der Waals surface area contributed by atoms with Crippen LogP contribution in [0.2, 0.25) is 0 Å². The Morgan fingerprint density at radius 1 is 1.05 bits per heavy atom. The third kappa shape index (κ3) is 10.3. The predicted molar refractivity (Wildman–Crippen MR) is 103 cm³/mol. The third-order valence-corrected chi connectivity index (χ3v) is 3.83. The maximum absolute atomic E-state index is 4.27. The number of halogens is 1. The quantitative estimate of drug-likeness (QED) is 0.289. The lowest BCUT2D eigenvalue weighted by molar-refractivity contribution is 0.280. The fourth-order valence-corrected chi connectivity index (χ4v) is 2.46. The summed E-state index contributed by atoms with van der Waals surface area (Å²) in [5.41, 5.74) is 0. The van der Waals surface area contributed by atoms with Gasteiger partial charge in [0.2, 0.25) is 0 Å². The summed E-state index contributed by atoms with van der Waals surface area (Å²) in [6.07, 6.45) is 5.04. The first-order valence-electron chi connectivity index (χ1n) is 8.11. The Bertz CT molecular complexity index is 273. The lowest BCUT2D eigenvalue weighted by atomic mass is 10.2. The second-order valence-corrected chi connectivity index (χ2v) is 5.63. The average molecular weight is 411 g/mol. The molecule has 2 N–H and O–H groups in total. The summed E-state index contributed by atoms with van der Waals surface area (Å²) >= 11 is 0. The molecule has 0 aromatic heterocycles. The van der Waals surface area contributed by atoms with E-state index in [-0.39, 0.29) is 24.0 Å². The van der Waals surface area contributed by atoms with Gasteiger partial charge in [0.05, 0.1) is 0 Å². The molecule has 1 aliphatic heterocycles. The molecule has 126 valence electrons. The molecule has 0 bridgehead atoms. The van der Waals surface area contributed by atoms with Gasteiger partial charge in [0.15, 0.2) is 5.96 Å². The van der Waals surface area contributed by atoms with E-state index in [0.717, 1.165) is 25.6 Å². The molecule has 21 heavy (non-hydrogen) atoms. The molecule has 1 rings (SSSR count). The van der Waals surface area contributed by atoms with Crippen LogP contribution < -0.4 is 10.6 Å². The van der Waals surface area contributed by atoms with Gasteiger partial charge in [0.1, 0.15) is 0 Å². The number of aliphatic imine (C=N–C) groups is 1. The van der Waals surface area contributed by atoms with Gasteiger partial charge in [-0.2, -0.15) is 0 Å². The van der Waals surface area contributed by atoms with Crippen LogP contribution in [0, 0.1) is 0 Å². The first-order chi connectivity index (χ1) is 9.76. The van der Waals surface area contributed by atoms with Gasteiger partial charge in [0, 0.05) is 39.8 Å². The molecule has 6 heteroatoms. The summed E-state index contributed by atoms with van der Waals surface area (Å²) in [6.45, 7) is 10.1. The van der Waals surface area contributed by atoms with Crippen LogP contribution in [0.4, 0.5) is 0 Å². The number of hydrogen-bond donors (Lipinski definition) is 2. The van der Waals surface area contributed by atoms with E-state index >= 15 is 0 Å². The minimum absolute atomic E-state index is 0. The summed E-state index contributed by atoms with van der Waals surface area (Å²) in [5.74, 6) is 0.938. The van der Waals surface area contributed by atoms with Crippen LogP contribution in [-0.4, -0.2) is 75.7 Å². The molecule has 0 aromatic rings. The summed E-state index contributed by atoms with van der Waals surface area (Å²) in [4.78, 5) is 9.23. The number of guanidine groups is 1. The van der Waals surface area contributed by atoms with Crippen molar-refractivity contribution in [3.05, 3.63) is 0 Å². The van der Waals surface area contributed by atoms with Crippen LogP contribution in [0.15, 0.2) is 4.99 Å². The monoisotopic (exact) mass is 411 g/mol. The second-order valence-electron chi connectivity index (χ2n) is 5.63. The molecule has 0 unspecified atom stereocenters. The zero-order valence-corrected chi connectivity index (χ0v) is 16.4.